The summed E-state index contributed by atoms with van der Waals surface area (Å²) in [5, 5.41) is 3.25. The average Bonchev–Trinajstić information content (AvgIpc) is 3.11. The predicted octanol–water partition coefficient (Wildman–Crippen LogP) is 3.26. The first-order valence-corrected chi connectivity index (χ1v) is 12.8. The van der Waals surface area contributed by atoms with E-state index in [1.165, 1.54) is 10.4 Å². The average molecular weight is 446 g/mol. The highest BCUT2D eigenvalue weighted by molar-refractivity contribution is 7.89. The topological polar surface area (TPSA) is 88.5 Å². The second-order valence-electron chi connectivity index (χ2n) is 8.61. The Labute approximate surface area is 183 Å². The molecule has 8 heteroatoms. The molecule has 0 radical (unpaired) electrons. The lowest BCUT2D eigenvalue weighted by Crippen LogP contribution is -2.36. The molecule has 0 unspecified atom stereocenters. The molecule has 2 aromatic rings. The Morgan fingerprint density at radius 3 is 2.39 bits per heavy atom. The van der Waals surface area contributed by atoms with Crippen molar-refractivity contribution in [2.24, 2.45) is 0 Å². The van der Waals surface area contributed by atoms with Crippen LogP contribution >= 0.6 is 0 Å². The summed E-state index contributed by atoms with van der Waals surface area (Å²) < 4.78 is 29.8. The van der Waals surface area contributed by atoms with Gasteiger partial charge in [0.1, 0.15) is 5.56 Å². The maximum absolute atomic E-state index is 13.2. The van der Waals surface area contributed by atoms with Gasteiger partial charge in [0.15, 0.2) is 0 Å². The van der Waals surface area contributed by atoms with Gasteiger partial charge >= 0.3 is 0 Å². The number of rotatable bonds is 5. The number of aryl methyl sites for hydroxylation is 1. The Balaban J connectivity index is 1.76. The molecule has 2 fully saturated rings. The highest BCUT2D eigenvalue weighted by atomic mass is 32.2. The molecule has 1 aromatic heterocycles. The SMILES string of the molecule is CCn1cc(C(=O)NC2CCCC2)c(=O)c2cc(S(=O)(=O)N3CCCCCC3)ccc21. The van der Waals surface area contributed by atoms with E-state index in [1.807, 2.05) is 11.5 Å². The lowest BCUT2D eigenvalue weighted by Gasteiger charge is -2.20. The van der Waals surface area contributed by atoms with Crippen LogP contribution in [0.3, 0.4) is 0 Å². The Kier molecular flexibility index (Phi) is 6.48. The maximum Gasteiger partial charge on any atom is 0.256 e. The van der Waals surface area contributed by atoms with Gasteiger partial charge in [0.05, 0.1) is 10.4 Å². The number of carbonyl (C=O) groups excluding carboxylic acids is 1. The van der Waals surface area contributed by atoms with Gasteiger partial charge in [0.2, 0.25) is 15.5 Å². The normalized spacial score (nSPS) is 18.9. The van der Waals surface area contributed by atoms with Crippen LogP contribution in [-0.2, 0) is 16.6 Å². The highest BCUT2D eigenvalue weighted by Gasteiger charge is 2.27. The van der Waals surface area contributed by atoms with E-state index >= 15 is 0 Å². The third-order valence-electron chi connectivity index (χ3n) is 6.53. The second-order valence-corrected chi connectivity index (χ2v) is 10.5. The first-order valence-electron chi connectivity index (χ1n) is 11.4. The summed E-state index contributed by atoms with van der Waals surface area (Å²) in [6.07, 6.45) is 9.38. The van der Waals surface area contributed by atoms with Crippen LogP contribution in [0.1, 0.15) is 68.6 Å². The van der Waals surface area contributed by atoms with Gasteiger partial charge < -0.3 is 9.88 Å². The number of hydrogen-bond donors (Lipinski definition) is 1. The smallest absolute Gasteiger partial charge is 0.256 e. The number of nitrogens with one attached hydrogen (secondary N) is 1. The highest BCUT2D eigenvalue weighted by Crippen LogP contribution is 2.24. The molecule has 0 atom stereocenters. The Hall–Kier alpha value is -2.19. The standard InChI is InChI=1S/C23H31N3O4S/c1-2-25-16-20(23(28)24-17-9-5-6-10-17)22(27)19-15-18(11-12-21(19)25)31(29,30)26-13-7-3-4-8-14-26/h11-12,15-17H,2-10,13-14H2,1H3,(H,24,28). The molecule has 2 aliphatic rings. The number of carbonyl (C=O) groups is 1. The molecular weight excluding hydrogens is 414 g/mol. The van der Waals surface area contributed by atoms with Crippen molar-refractivity contribution in [3.05, 3.63) is 40.2 Å². The largest absolute Gasteiger partial charge is 0.349 e. The van der Waals surface area contributed by atoms with Crippen molar-refractivity contribution in [1.82, 2.24) is 14.2 Å². The molecule has 0 spiro atoms. The summed E-state index contributed by atoms with van der Waals surface area (Å²) in [5.41, 5.74) is 0.299. The van der Waals surface area contributed by atoms with Gasteiger partial charge in [0, 0.05) is 37.3 Å². The fourth-order valence-corrected chi connectivity index (χ4v) is 6.27. The number of nitrogens with zero attached hydrogens (tertiary/aromatic N) is 2. The minimum atomic E-state index is -3.68. The van der Waals surface area contributed by atoms with Gasteiger partial charge in [0.25, 0.3) is 5.91 Å². The van der Waals surface area contributed by atoms with Crippen LogP contribution in [-0.4, -0.2) is 42.3 Å². The van der Waals surface area contributed by atoms with Gasteiger partial charge in [-0.15, -0.1) is 0 Å². The monoisotopic (exact) mass is 445 g/mol. The Morgan fingerprint density at radius 1 is 1.06 bits per heavy atom. The molecule has 1 N–H and O–H groups in total. The van der Waals surface area contributed by atoms with Crippen LogP contribution in [0.5, 0.6) is 0 Å². The van der Waals surface area contributed by atoms with Crippen molar-refractivity contribution >= 4 is 26.8 Å². The number of sulfonamides is 1. The number of pyridine rings is 1. The number of fused-ring (bicyclic) bond motifs is 1. The minimum absolute atomic E-state index is 0.0746. The molecule has 1 saturated heterocycles. The first kappa shape index (κ1) is 22.0. The number of benzene rings is 1. The third kappa shape index (κ3) is 4.41. The van der Waals surface area contributed by atoms with Crippen molar-refractivity contribution in [3.63, 3.8) is 0 Å². The van der Waals surface area contributed by atoms with Crippen LogP contribution in [0.25, 0.3) is 10.9 Å². The fraction of sp³-hybridized carbons (Fsp3) is 0.565. The van der Waals surface area contributed by atoms with Gasteiger partial charge in [-0.3, -0.25) is 9.59 Å². The van der Waals surface area contributed by atoms with E-state index in [0.717, 1.165) is 51.4 Å². The molecule has 2 heterocycles. The van der Waals surface area contributed by atoms with E-state index in [0.29, 0.717) is 25.2 Å². The van der Waals surface area contributed by atoms with Crippen LogP contribution in [0.15, 0.2) is 34.1 Å². The predicted molar refractivity (Wildman–Crippen MR) is 121 cm³/mol. The van der Waals surface area contributed by atoms with Crippen molar-refractivity contribution in [1.29, 1.82) is 0 Å². The minimum Gasteiger partial charge on any atom is -0.349 e. The zero-order valence-electron chi connectivity index (χ0n) is 18.1. The lowest BCUT2D eigenvalue weighted by molar-refractivity contribution is 0.0936. The molecule has 1 aromatic carbocycles. The third-order valence-corrected chi connectivity index (χ3v) is 8.42. The van der Waals surface area contributed by atoms with E-state index in [2.05, 4.69) is 5.32 Å². The van der Waals surface area contributed by atoms with E-state index < -0.39 is 15.5 Å². The number of amides is 1. The summed E-state index contributed by atoms with van der Waals surface area (Å²) >= 11 is 0. The van der Waals surface area contributed by atoms with E-state index in [1.54, 1.807) is 18.3 Å². The van der Waals surface area contributed by atoms with E-state index in [-0.39, 0.29) is 27.8 Å². The molecule has 1 aliphatic heterocycles. The Morgan fingerprint density at radius 2 is 1.74 bits per heavy atom. The van der Waals surface area contributed by atoms with E-state index in [9.17, 15) is 18.0 Å². The number of aromatic nitrogens is 1. The summed E-state index contributed by atoms with van der Waals surface area (Å²) in [6, 6.07) is 4.82. The van der Waals surface area contributed by atoms with Crippen molar-refractivity contribution in [2.75, 3.05) is 13.1 Å². The molecule has 31 heavy (non-hydrogen) atoms. The summed E-state index contributed by atoms with van der Waals surface area (Å²) in [6.45, 7) is 3.51. The maximum atomic E-state index is 13.2. The van der Waals surface area contributed by atoms with Crippen molar-refractivity contribution < 1.29 is 13.2 Å². The summed E-state index contributed by atoms with van der Waals surface area (Å²) in [5.74, 6) is -0.373. The second kappa shape index (κ2) is 9.12. The zero-order chi connectivity index (χ0) is 22.0. The van der Waals surface area contributed by atoms with Gasteiger partial charge in [-0.25, -0.2) is 8.42 Å². The van der Waals surface area contributed by atoms with Gasteiger partial charge in [-0.05, 0) is 50.8 Å². The first-order chi connectivity index (χ1) is 14.9. The van der Waals surface area contributed by atoms with E-state index in [4.69, 9.17) is 0 Å². The van der Waals surface area contributed by atoms with Crippen LogP contribution in [0.4, 0.5) is 0 Å². The van der Waals surface area contributed by atoms with Crippen LogP contribution in [0.2, 0.25) is 0 Å². The quantitative estimate of drug-likeness (QED) is 0.765. The summed E-state index contributed by atoms with van der Waals surface area (Å²) in [4.78, 5) is 26.2. The molecular formula is C23H31N3O4S. The lowest BCUT2D eigenvalue weighted by atomic mass is 10.1. The molecule has 7 nitrogen and oxygen atoms in total. The number of hydrogen-bond acceptors (Lipinski definition) is 4. The molecule has 4 rings (SSSR count). The molecule has 168 valence electrons. The molecule has 1 aliphatic carbocycles. The molecule has 1 saturated carbocycles. The van der Waals surface area contributed by atoms with Crippen molar-refractivity contribution in [3.8, 4) is 0 Å². The van der Waals surface area contributed by atoms with Crippen LogP contribution in [0, 0.1) is 0 Å². The van der Waals surface area contributed by atoms with Gasteiger partial charge in [-0.1, -0.05) is 25.7 Å². The fourth-order valence-electron chi connectivity index (χ4n) is 4.72. The zero-order valence-corrected chi connectivity index (χ0v) is 18.9. The summed E-state index contributed by atoms with van der Waals surface area (Å²) in [7, 11) is -3.68. The van der Waals surface area contributed by atoms with Crippen molar-refractivity contribution in [2.45, 2.75) is 75.8 Å². The Bertz CT molecular complexity index is 1130. The van der Waals surface area contributed by atoms with Gasteiger partial charge in [-0.2, -0.15) is 4.31 Å². The molecule has 1 amide bonds. The van der Waals surface area contributed by atoms with Crippen LogP contribution < -0.4 is 10.7 Å². The molecule has 0 bridgehead atoms.